The standard InChI is InChI=1S/C15H21N5O3/c1-3-12-16-8-11(18-12)14(21)19-13(10-4-6-22-7-5-10)15-17-9(2)20-23-15/h8,10,13H,3-7H2,1-2H3,(H,16,18)(H,19,21). The number of carbonyl (C=O) groups is 1. The lowest BCUT2D eigenvalue weighted by Gasteiger charge is -2.28. The van der Waals surface area contributed by atoms with Crippen molar-refractivity contribution in [2.24, 2.45) is 5.92 Å². The van der Waals surface area contributed by atoms with E-state index < -0.39 is 0 Å². The Kier molecular flexibility index (Phi) is 4.71. The third-order valence-electron chi connectivity index (χ3n) is 4.04. The fourth-order valence-corrected chi connectivity index (χ4v) is 2.75. The number of ether oxygens (including phenoxy) is 1. The lowest BCUT2D eigenvalue weighted by atomic mass is 9.91. The van der Waals surface area contributed by atoms with Crippen LogP contribution in [0.15, 0.2) is 10.7 Å². The molecule has 0 spiro atoms. The third kappa shape index (κ3) is 3.58. The molecule has 124 valence electrons. The van der Waals surface area contributed by atoms with E-state index in [2.05, 4.69) is 25.4 Å². The molecule has 3 heterocycles. The SMILES string of the molecule is CCc1ncc(C(=O)NC(c2nc(C)no2)C2CCOCC2)[nH]1. The van der Waals surface area contributed by atoms with Crippen molar-refractivity contribution in [2.45, 2.75) is 39.2 Å². The topological polar surface area (TPSA) is 106 Å². The van der Waals surface area contributed by atoms with Gasteiger partial charge in [-0.3, -0.25) is 4.79 Å². The minimum Gasteiger partial charge on any atom is -0.381 e. The van der Waals surface area contributed by atoms with Crippen LogP contribution >= 0.6 is 0 Å². The minimum absolute atomic E-state index is 0.209. The molecule has 0 radical (unpaired) electrons. The Balaban J connectivity index is 1.78. The number of H-pyrrole nitrogens is 1. The van der Waals surface area contributed by atoms with Gasteiger partial charge in [-0.1, -0.05) is 12.1 Å². The van der Waals surface area contributed by atoms with Crippen molar-refractivity contribution in [3.8, 4) is 0 Å². The molecule has 0 aliphatic carbocycles. The van der Waals surface area contributed by atoms with Crippen molar-refractivity contribution in [3.05, 3.63) is 29.4 Å². The van der Waals surface area contributed by atoms with Crippen LogP contribution in [0.2, 0.25) is 0 Å². The first-order valence-electron chi connectivity index (χ1n) is 7.90. The fraction of sp³-hybridized carbons (Fsp3) is 0.600. The van der Waals surface area contributed by atoms with Gasteiger partial charge in [0.15, 0.2) is 5.82 Å². The lowest BCUT2D eigenvalue weighted by Crippen LogP contribution is -2.36. The Bertz CT molecular complexity index is 660. The van der Waals surface area contributed by atoms with Crippen LogP contribution in [-0.2, 0) is 11.2 Å². The quantitative estimate of drug-likeness (QED) is 0.866. The maximum Gasteiger partial charge on any atom is 0.270 e. The number of hydrogen-bond donors (Lipinski definition) is 2. The van der Waals surface area contributed by atoms with E-state index in [1.54, 1.807) is 13.1 Å². The highest BCUT2D eigenvalue weighted by Crippen LogP contribution is 2.29. The van der Waals surface area contributed by atoms with Gasteiger partial charge in [0.1, 0.15) is 17.6 Å². The van der Waals surface area contributed by atoms with Gasteiger partial charge >= 0.3 is 0 Å². The summed E-state index contributed by atoms with van der Waals surface area (Å²) >= 11 is 0. The first-order chi connectivity index (χ1) is 11.2. The van der Waals surface area contributed by atoms with E-state index in [0.717, 1.165) is 25.1 Å². The van der Waals surface area contributed by atoms with Gasteiger partial charge in [0, 0.05) is 19.6 Å². The van der Waals surface area contributed by atoms with E-state index in [1.807, 2.05) is 6.92 Å². The number of carbonyl (C=O) groups excluding carboxylic acids is 1. The van der Waals surface area contributed by atoms with Crippen LogP contribution in [0, 0.1) is 12.8 Å². The van der Waals surface area contributed by atoms with Gasteiger partial charge in [-0.15, -0.1) is 0 Å². The molecule has 1 aliphatic rings. The van der Waals surface area contributed by atoms with Gasteiger partial charge in [-0.05, 0) is 25.7 Å². The summed E-state index contributed by atoms with van der Waals surface area (Å²) in [6.07, 6.45) is 3.99. The van der Waals surface area contributed by atoms with E-state index in [4.69, 9.17) is 9.26 Å². The summed E-state index contributed by atoms with van der Waals surface area (Å²) in [5.41, 5.74) is 0.440. The molecule has 1 amide bonds. The highest BCUT2D eigenvalue weighted by molar-refractivity contribution is 5.92. The Hall–Kier alpha value is -2.22. The molecule has 23 heavy (non-hydrogen) atoms. The van der Waals surface area contributed by atoms with Crippen LogP contribution in [0.3, 0.4) is 0 Å². The van der Waals surface area contributed by atoms with E-state index in [1.165, 1.54) is 0 Å². The number of imidazole rings is 1. The number of hydrogen-bond acceptors (Lipinski definition) is 6. The largest absolute Gasteiger partial charge is 0.381 e. The molecule has 0 aromatic carbocycles. The van der Waals surface area contributed by atoms with Crippen LogP contribution in [0.25, 0.3) is 0 Å². The summed E-state index contributed by atoms with van der Waals surface area (Å²) in [4.78, 5) is 24.0. The predicted octanol–water partition coefficient (Wildman–Crippen LogP) is 1.56. The number of rotatable bonds is 5. The average Bonchev–Trinajstić information content (AvgIpc) is 3.22. The van der Waals surface area contributed by atoms with Crippen molar-refractivity contribution in [3.63, 3.8) is 0 Å². The molecule has 8 heteroatoms. The smallest absolute Gasteiger partial charge is 0.270 e. The second-order valence-electron chi connectivity index (χ2n) is 5.68. The molecule has 1 unspecified atom stereocenters. The highest BCUT2D eigenvalue weighted by atomic mass is 16.5. The summed E-state index contributed by atoms with van der Waals surface area (Å²) < 4.78 is 10.7. The molecule has 1 fully saturated rings. The number of nitrogens with one attached hydrogen (secondary N) is 2. The molecule has 2 N–H and O–H groups in total. The summed E-state index contributed by atoms with van der Waals surface area (Å²) in [7, 11) is 0. The first kappa shape index (κ1) is 15.7. The van der Waals surface area contributed by atoms with Crippen molar-refractivity contribution in [2.75, 3.05) is 13.2 Å². The van der Waals surface area contributed by atoms with Crippen molar-refractivity contribution in [1.82, 2.24) is 25.4 Å². The number of nitrogens with zero attached hydrogens (tertiary/aromatic N) is 3. The summed E-state index contributed by atoms with van der Waals surface area (Å²) in [5, 5.41) is 6.85. The van der Waals surface area contributed by atoms with Crippen LogP contribution in [-0.4, -0.2) is 39.2 Å². The molecule has 8 nitrogen and oxygen atoms in total. The van der Waals surface area contributed by atoms with Gasteiger partial charge in [-0.25, -0.2) is 4.98 Å². The maximum atomic E-state index is 12.5. The fourth-order valence-electron chi connectivity index (χ4n) is 2.75. The van der Waals surface area contributed by atoms with Crippen molar-refractivity contribution in [1.29, 1.82) is 0 Å². The predicted molar refractivity (Wildman–Crippen MR) is 80.8 cm³/mol. The zero-order valence-corrected chi connectivity index (χ0v) is 13.3. The molecule has 0 saturated carbocycles. The number of aromatic amines is 1. The van der Waals surface area contributed by atoms with Gasteiger partial charge in [-0.2, -0.15) is 4.98 Å². The number of amides is 1. The molecule has 1 saturated heterocycles. The van der Waals surface area contributed by atoms with Gasteiger partial charge in [0.05, 0.1) is 6.20 Å². The Morgan fingerprint density at radius 3 is 2.87 bits per heavy atom. The summed E-state index contributed by atoms with van der Waals surface area (Å²) in [5.74, 6) is 1.77. The molecule has 0 bridgehead atoms. The van der Waals surface area contributed by atoms with Gasteiger partial charge in [0.25, 0.3) is 5.91 Å². The number of aromatic nitrogens is 4. The molecular formula is C15H21N5O3. The maximum absolute atomic E-state index is 12.5. The average molecular weight is 319 g/mol. The van der Waals surface area contributed by atoms with Crippen molar-refractivity contribution >= 4 is 5.91 Å². The highest BCUT2D eigenvalue weighted by Gasteiger charge is 2.31. The van der Waals surface area contributed by atoms with Crippen LogP contribution in [0.5, 0.6) is 0 Å². The molecule has 3 rings (SSSR count). The zero-order chi connectivity index (χ0) is 16.2. The molecule has 2 aromatic heterocycles. The van der Waals surface area contributed by atoms with Crippen LogP contribution in [0.1, 0.15) is 53.8 Å². The lowest BCUT2D eigenvalue weighted by molar-refractivity contribution is 0.0467. The van der Waals surface area contributed by atoms with Crippen molar-refractivity contribution < 1.29 is 14.1 Å². The summed E-state index contributed by atoms with van der Waals surface area (Å²) in [6.45, 7) is 5.09. The Morgan fingerprint density at radius 1 is 1.48 bits per heavy atom. The third-order valence-corrected chi connectivity index (χ3v) is 4.04. The molecule has 1 aliphatic heterocycles. The molecular weight excluding hydrogens is 298 g/mol. The van der Waals surface area contributed by atoms with E-state index in [9.17, 15) is 4.79 Å². The first-order valence-corrected chi connectivity index (χ1v) is 7.90. The van der Waals surface area contributed by atoms with Crippen LogP contribution < -0.4 is 5.32 Å². The van der Waals surface area contributed by atoms with E-state index in [0.29, 0.717) is 30.6 Å². The molecule has 2 aromatic rings. The second kappa shape index (κ2) is 6.91. The van der Waals surface area contributed by atoms with E-state index in [-0.39, 0.29) is 17.9 Å². The summed E-state index contributed by atoms with van der Waals surface area (Å²) in [6, 6.07) is -0.319. The van der Waals surface area contributed by atoms with Crippen LogP contribution in [0.4, 0.5) is 0 Å². The monoisotopic (exact) mass is 319 g/mol. The Morgan fingerprint density at radius 2 is 2.26 bits per heavy atom. The normalized spacial score (nSPS) is 17.1. The zero-order valence-electron chi connectivity index (χ0n) is 13.3. The van der Waals surface area contributed by atoms with Gasteiger partial charge in [0.2, 0.25) is 5.89 Å². The second-order valence-corrected chi connectivity index (χ2v) is 5.68. The van der Waals surface area contributed by atoms with E-state index >= 15 is 0 Å². The molecule has 1 atom stereocenters. The van der Waals surface area contributed by atoms with Gasteiger partial charge < -0.3 is 19.6 Å². The number of aryl methyl sites for hydroxylation is 2. The Labute approximate surface area is 134 Å². The minimum atomic E-state index is -0.319.